The molecule has 0 radical (unpaired) electrons. The SMILES string of the molecule is COc1cc(C(=O)NC(C)(C)c2ccc3c(c2)OCCO3)cc(OC)c1OCc1ccccc1. The van der Waals surface area contributed by atoms with Crippen molar-refractivity contribution < 1.29 is 28.5 Å². The molecule has 0 saturated carbocycles. The number of carbonyl (C=O) groups is 1. The van der Waals surface area contributed by atoms with Crippen molar-refractivity contribution in [1.82, 2.24) is 5.32 Å². The van der Waals surface area contributed by atoms with Crippen molar-refractivity contribution in [2.45, 2.75) is 26.0 Å². The molecule has 0 saturated heterocycles. The van der Waals surface area contributed by atoms with Crippen LogP contribution in [0.25, 0.3) is 0 Å². The molecular weight excluding hydrogens is 434 g/mol. The summed E-state index contributed by atoms with van der Waals surface area (Å²) in [7, 11) is 3.07. The first-order chi connectivity index (χ1) is 16.4. The van der Waals surface area contributed by atoms with Gasteiger partial charge >= 0.3 is 0 Å². The van der Waals surface area contributed by atoms with Gasteiger partial charge in [-0.25, -0.2) is 0 Å². The highest BCUT2D eigenvalue weighted by atomic mass is 16.6. The molecule has 1 heterocycles. The number of rotatable bonds is 8. The van der Waals surface area contributed by atoms with Crippen molar-refractivity contribution in [3.05, 3.63) is 77.4 Å². The Labute approximate surface area is 199 Å². The van der Waals surface area contributed by atoms with Crippen LogP contribution in [-0.2, 0) is 12.1 Å². The Morgan fingerprint density at radius 2 is 1.56 bits per heavy atom. The monoisotopic (exact) mass is 463 g/mol. The smallest absolute Gasteiger partial charge is 0.252 e. The van der Waals surface area contributed by atoms with Gasteiger partial charge in [0, 0.05) is 5.56 Å². The quantitative estimate of drug-likeness (QED) is 0.521. The number of methoxy groups -OCH3 is 2. The zero-order valence-electron chi connectivity index (χ0n) is 19.8. The highest BCUT2D eigenvalue weighted by Gasteiger charge is 2.27. The van der Waals surface area contributed by atoms with Crippen molar-refractivity contribution in [2.24, 2.45) is 0 Å². The molecule has 0 atom stereocenters. The molecule has 0 spiro atoms. The Bertz CT molecular complexity index is 1130. The molecule has 3 aromatic rings. The maximum Gasteiger partial charge on any atom is 0.252 e. The van der Waals surface area contributed by atoms with Crippen LogP contribution < -0.4 is 29.0 Å². The van der Waals surface area contributed by atoms with Crippen LogP contribution >= 0.6 is 0 Å². The van der Waals surface area contributed by atoms with Gasteiger partial charge in [0.1, 0.15) is 19.8 Å². The second kappa shape index (κ2) is 9.95. The molecule has 1 aliphatic rings. The van der Waals surface area contributed by atoms with E-state index in [9.17, 15) is 4.79 Å². The van der Waals surface area contributed by atoms with Crippen molar-refractivity contribution in [2.75, 3.05) is 27.4 Å². The number of benzene rings is 3. The molecule has 34 heavy (non-hydrogen) atoms. The zero-order chi connectivity index (χ0) is 24.1. The molecule has 0 aromatic heterocycles. The van der Waals surface area contributed by atoms with Gasteiger partial charge in [-0.3, -0.25) is 4.79 Å². The minimum absolute atomic E-state index is 0.272. The van der Waals surface area contributed by atoms with Crippen molar-refractivity contribution in [1.29, 1.82) is 0 Å². The molecule has 0 aliphatic carbocycles. The molecule has 1 aliphatic heterocycles. The largest absolute Gasteiger partial charge is 0.493 e. The number of ether oxygens (including phenoxy) is 5. The molecule has 7 nitrogen and oxygen atoms in total. The van der Waals surface area contributed by atoms with Crippen LogP contribution in [0.2, 0.25) is 0 Å². The molecule has 0 fully saturated rings. The van der Waals surface area contributed by atoms with Crippen LogP contribution in [0.5, 0.6) is 28.7 Å². The van der Waals surface area contributed by atoms with Gasteiger partial charge in [0.25, 0.3) is 5.91 Å². The predicted octanol–water partition coefficient (Wildman–Crippen LogP) is 4.72. The lowest BCUT2D eigenvalue weighted by molar-refractivity contribution is 0.0910. The topological polar surface area (TPSA) is 75.3 Å². The fourth-order valence-corrected chi connectivity index (χ4v) is 3.74. The lowest BCUT2D eigenvalue weighted by Crippen LogP contribution is -2.41. The summed E-state index contributed by atoms with van der Waals surface area (Å²) < 4.78 is 28.3. The maximum absolute atomic E-state index is 13.2. The molecule has 1 N–H and O–H groups in total. The van der Waals surface area contributed by atoms with Crippen LogP contribution in [0.4, 0.5) is 0 Å². The van der Waals surface area contributed by atoms with Gasteiger partial charge in [0.05, 0.1) is 19.8 Å². The zero-order valence-corrected chi connectivity index (χ0v) is 19.8. The summed E-state index contributed by atoms with van der Waals surface area (Å²) >= 11 is 0. The lowest BCUT2D eigenvalue weighted by Gasteiger charge is -2.29. The Balaban J connectivity index is 1.55. The van der Waals surface area contributed by atoms with E-state index in [2.05, 4.69) is 5.32 Å². The van der Waals surface area contributed by atoms with Gasteiger partial charge in [0.15, 0.2) is 23.0 Å². The van der Waals surface area contributed by atoms with Crippen molar-refractivity contribution in [3.8, 4) is 28.7 Å². The summed E-state index contributed by atoms with van der Waals surface area (Å²) in [6.45, 7) is 5.24. The summed E-state index contributed by atoms with van der Waals surface area (Å²) in [6.07, 6.45) is 0. The van der Waals surface area contributed by atoms with Crippen LogP contribution in [0.3, 0.4) is 0 Å². The summed E-state index contributed by atoms with van der Waals surface area (Å²) in [4.78, 5) is 13.2. The third-order valence-corrected chi connectivity index (χ3v) is 5.64. The molecule has 7 heteroatoms. The molecule has 1 amide bonds. The van der Waals surface area contributed by atoms with Crippen LogP contribution in [0, 0.1) is 0 Å². The second-order valence-electron chi connectivity index (χ2n) is 8.42. The van der Waals surface area contributed by atoms with Crippen molar-refractivity contribution >= 4 is 5.91 Å². The summed E-state index contributed by atoms with van der Waals surface area (Å²) in [5, 5.41) is 3.09. The molecule has 3 aromatic carbocycles. The minimum atomic E-state index is -0.671. The van der Waals surface area contributed by atoms with Crippen LogP contribution in [0.1, 0.15) is 35.3 Å². The number of nitrogens with one attached hydrogen (secondary N) is 1. The molecule has 0 unspecified atom stereocenters. The number of hydrogen-bond donors (Lipinski definition) is 1. The average Bonchev–Trinajstić information content (AvgIpc) is 2.86. The maximum atomic E-state index is 13.2. The third-order valence-electron chi connectivity index (χ3n) is 5.64. The van der Waals surface area contributed by atoms with Gasteiger partial charge < -0.3 is 29.0 Å². The highest BCUT2D eigenvalue weighted by molar-refractivity contribution is 5.96. The Hall–Kier alpha value is -3.87. The summed E-state index contributed by atoms with van der Waals surface area (Å²) in [5.41, 5.74) is 1.63. The van der Waals surface area contributed by atoms with E-state index in [1.165, 1.54) is 14.2 Å². The second-order valence-corrected chi connectivity index (χ2v) is 8.42. The number of hydrogen-bond acceptors (Lipinski definition) is 6. The standard InChI is InChI=1S/C27H29NO6/c1-27(2,20-10-11-21-22(16-20)33-13-12-32-21)28-26(29)19-14-23(30-3)25(24(15-19)31-4)34-17-18-8-6-5-7-9-18/h5-11,14-16H,12-13,17H2,1-4H3,(H,28,29). The van der Waals surface area contributed by atoms with Gasteiger partial charge in [-0.05, 0) is 49.2 Å². The third kappa shape index (κ3) is 5.03. The average molecular weight is 464 g/mol. The predicted molar refractivity (Wildman–Crippen MR) is 128 cm³/mol. The van der Waals surface area contributed by atoms with E-state index in [1.54, 1.807) is 12.1 Å². The van der Waals surface area contributed by atoms with Gasteiger partial charge in [-0.1, -0.05) is 36.4 Å². The fraction of sp³-hybridized carbons (Fsp3) is 0.296. The van der Waals surface area contributed by atoms with E-state index in [4.69, 9.17) is 23.7 Å². The van der Waals surface area contributed by atoms with E-state index < -0.39 is 5.54 Å². The highest BCUT2D eigenvalue weighted by Crippen LogP contribution is 2.40. The Kier molecular flexibility index (Phi) is 6.82. The van der Waals surface area contributed by atoms with Gasteiger partial charge in [-0.15, -0.1) is 0 Å². The van der Waals surface area contributed by atoms with E-state index in [-0.39, 0.29) is 5.91 Å². The van der Waals surface area contributed by atoms with Gasteiger partial charge in [0.2, 0.25) is 5.75 Å². The minimum Gasteiger partial charge on any atom is -0.493 e. The van der Waals surface area contributed by atoms with Crippen LogP contribution in [-0.4, -0.2) is 33.3 Å². The molecule has 4 rings (SSSR count). The number of amides is 1. The molecular formula is C27H29NO6. The summed E-state index contributed by atoms with van der Waals surface area (Å²) in [5.74, 6) is 2.38. The number of carbonyl (C=O) groups excluding carboxylic acids is 1. The fourth-order valence-electron chi connectivity index (χ4n) is 3.74. The lowest BCUT2D eigenvalue weighted by atomic mass is 9.93. The van der Waals surface area contributed by atoms with Gasteiger partial charge in [-0.2, -0.15) is 0 Å². The van der Waals surface area contributed by atoms with E-state index in [0.717, 1.165) is 11.1 Å². The first kappa shape index (κ1) is 23.3. The van der Waals surface area contributed by atoms with E-state index in [0.29, 0.717) is 54.1 Å². The Morgan fingerprint density at radius 3 is 2.21 bits per heavy atom. The van der Waals surface area contributed by atoms with Crippen molar-refractivity contribution in [3.63, 3.8) is 0 Å². The van der Waals surface area contributed by atoms with E-state index >= 15 is 0 Å². The molecule has 178 valence electrons. The first-order valence-corrected chi connectivity index (χ1v) is 11.1. The first-order valence-electron chi connectivity index (χ1n) is 11.1. The summed E-state index contributed by atoms with van der Waals surface area (Å²) in [6, 6.07) is 18.8. The van der Waals surface area contributed by atoms with Crippen LogP contribution in [0.15, 0.2) is 60.7 Å². The Morgan fingerprint density at radius 1 is 0.912 bits per heavy atom. The molecule has 0 bridgehead atoms. The normalized spacial score (nSPS) is 12.6. The number of fused-ring (bicyclic) bond motifs is 1. The van der Waals surface area contributed by atoms with E-state index in [1.807, 2.05) is 62.4 Å².